The van der Waals surface area contributed by atoms with Crippen molar-refractivity contribution in [3.8, 4) is 5.75 Å². The van der Waals surface area contributed by atoms with Crippen molar-refractivity contribution < 1.29 is 22.3 Å². The van der Waals surface area contributed by atoms with Gasteiger partial charge in [0.15, 0.2) is 5.03 Å². The van der Waals surface area contributed by atoms with Gasteiger partial charge in [-0.15, -0.1) is 0 Å². The van der Waals surface area contributed by atoms with Gasteiger partial charge in [0.05, 0.1) is 6.21 Å². The summed E-state index contributed by atoms with van der Waals surface area (Å²) in [7, 11) is -3.95. The van der Waals surface area contributed by atoms with Gasteiger partial charge in [-0.25, -0.2) is 9.18 Å². The number of carbonyl (C=O) groups excluding carboxylic acids is 1. The molecule has 1 aliphatic rings. The number of ether oxygens (including phenoxy) is 1. The highest BCUT2D eigenvalue weighted by molar-refractivity contribution is 7.94. The molecule has 0 amide bonds. The van der Waals surface area contributed by atoms with E-state index in [9.17, 15) is 17.6 Å². The first-order chi connectivity index (χ1) is 8.40. The van der Waals surface area contributed by atoms with Gasteiger partial charge in [0.2, 0.25) is 0 Å². The summed E-state index contributed by atoms with van der Waals surface area (Å²) in [5.41, 5.74) is 4.89. The molecule has 0 atom stereocenters. The number of sulfonamides is 1. The van der Waals surface area contributed by atoms with Crippen molar-refractivity contribution in [2.75, 3.05) is 0 Å². The van der Waals surface area contributed by atoms with E-state index in [-0.39, 0.29) is 11.3 Å². The molecule has 0 aliphatic carbocycles. The largest absolute Gasteiger partial charge is 0.423 e. The normalized spacial score (nSPS) is 16.9. The molecular weight excluding hydrogens is 263 g/mol. The summed E-state index contributed by atoms with van der Waals surface area (Å²) in [5.74, 6) is -1.39. The van der Waals surface area contributed by atoms with Gasteiger partial charge in [-0.1, -0.05) is 0 Å². The van der Waals surface area contributed by atoms with Crippen molar-refractivity contribution in [1.29, 1.82) is 0 Å². The average Bonchev–Trinajstić information content (AvgIpc) is 2.58. The summed E-state index contributed by atoms with van der Waals surface area (Å²) in [4.78, 5) is 11.6. The van der Waals surface area contributed by atoms with Crippen LogP contribution in [0.1, 0.15) is 0 Å². The van der Waals surface area contributed by atoms with Crippen molar-refractivity contribution in [2.24, 2.45) is 10.1 Å². The number of hydrogen-bond acceptors (Lipinski definition) is 5. The van der Waals surface area contributed by atoms with Crippen LogP contribution < -0.4 is 10.5 Å². The maximum absolute atomic E-state index is 12.6. The number of esters is 1. The molecule has 0 radical (unpaired) electrons. The van der Waals surface area contributed by atoms with Gasteiger partial charge in [0.1, 0.15) is 17.1 Å². The monoisotopic (exact) mass is 270 g/mol. The second-order valence-corrected chi connectivity index (χ2v) is 4.93. The summed E-state index contributed by atoms with van der Waals surface area (Å²) < 4.78 is 42.8. The Hall–Kier alpha value is -2.22. The van der Waals surface area contributed by atoms with Crippen LogP contribution in [0.2, 0.25) is 0 Å². The van der Waals surface area contributed by atoms with E-state index in [0.717, 1.165) is 18.3 Å². The lowest BCUT2D eigenvalue weighted by Gasteiger charge is -2.03. The van der Waals surface area contributed by atoms with E-state index in [2.05, 4.69) is 4.40 Å². The van der Waals surface area contributed by atoms with Gasteiger partial charge < -0.3 is 10.5 Å². The molecule has 18 heavy (non-hydrogen) atoms. The molecule has 0 saturated carbocycles. The lowest BCUT2D eigenvalue weighted by molar-refractivity contribution is -0.129. The lowest BCUT2D eigenvalue weighted by atomic mass is 10.3. The van der Waals surface area contributed by atoms with Crippen LogP contribution in [0.4, 0.5) is 4.39 Å². The summed E-state index contributed by atoms with van der Waals surface area (Å²) in [6.45, 7) is 0. The Morgan fingerprint density at radius 2 is 1.89 bits per heavy atom. The van der Waals surface area contributed by atoms with E-state index in [1.807, 2.05) is 0 Å². The quantitative estimate of drug-likeness (QED) is 0.616. The third kappa shape index (κ3) is 2.23. The van der Waals surface area contributed by atoms with Crippen LogP contribution in [0.15, 0.2) is 39.3 Å². The Kier molecular flexibility index (Phi) is 2.87. The molecule has 0 unspecified atom stereocenters. The summed E-state index contributed by atoms with van der Waals surface area (Å²) in [6, 6.07) is 4.65. The molecule has 6 nitrogen and oxygen atoms in total. The van der Waals surface area contributed by atoms with E-state index >= 15 is 0 Å². The number of rotatable bonds is 2. The molecule has 8 heteroatoms. The van der Waals surface area contributed by atoms with Gasteiger partial charge in [0.25, 0.3) is 10.0 Å². The Bertz CT molecular complexity index is 662. The van der Waals surface area contributed by atoms with Gasteiger partial charge in [-0.3, -0.25) is 0 Å². The van der Waals surface area contributed by atoms with Crippen LogP contribution >= 0.6 is 0 Å². The highest BCUT2D eigenvalue weighted by atomic mass is 32.2. The lowest BCUT2D eigenvalue weighted by Crippen LogP contribution is -2.17. The molecule has 1 heterocycles. The Morgan fingerprint density at radius 3 is 2.39 bits per heavy atom. The fourth-order valence-electron chi connectivity index (χ4n) is 1.20. The zero-order valence-electron chi connectivity index (χ0n) is 8.83. The average molecular weight is 270 g/mol. The number of nitrogens with zero attached hydrogens (tertiary/aromatic N) is 1. The molecule has 1 aromatic rings. The highest BCUT2D eigenvalue weighted by Crippen LogP contribution is 2.18. The van der Waals surface area contributed by atoms with Gasteiger partial charge in [-0.2, -0.15) is 12.8 Å². The standard InChI is InChI=1S/C10H7FN2O4S/c11-6-1-3-7(4-2-6)17-10(14)8-5-13-18(15,16)9(8)12/h1-5H,12H2. The van der Waals surface area contributed by atoms with Crippen LogP contribution in [0, 0.1) is 5.82 Å². The van der Waals surface area contributed by atoms with Crippen LogP contribution in [0.25, 0.3) is 0 Å². The van der Waals surface area contributed by atoms with Gasteiger partial charge in [0, 0.05) is 0 Å². The summed E-state index contributed by atoms with van der Waals surface area (Å²) in [5, 5.41) is -0.658. The molecular formula is C10H7FN2O4S. The first-order valence-corrected chi connectivity index (χ1v) is 6.12. The van der Waals surface area contributed by atoms with Gasteiger partial charge >= 0.3 is 5.97 Å². The molecule has 0 fully saturated rings. The SMILES string of the molecule is NC1=C(C(=O)Oc2ccc(F)cc2)C=NS1(=O)=O. The van der Waals surface area contributed by atoms with Crippen LogP contribution in [-0.4, -0.2) is 20.6 Å². The van der Waals surface area contributed by atoms with Crippen LogP contribution in [-0.2, 0) is 14.8 Å². The third-order valence-corrected chi connectivity index (χ3v) is 3.27. The van der Waals surface area contributed by atoms with Crippen LogP contribution in [0.3, 0.4) is 0 Å². The molecule has 1 aromatic carbocycles. The summed E-state index contributed by atoms with van der Waals surface area (Å²) >= 11 is 0. The number of nitrogens with two attached hydrogens (primary N) is 1. The Morgan fingerprint density at radius 1 is 1.28 bits per heavy atom. The Balaban J connectivity index is 2.22. The number of carbonyl (C=O) groups is 1. The van der Waals surface area contributed by atoms with Crippen molar-refractivity contribution >= 4 is 22.2 Å². The smallest absolute Gasteiger partial charge is 0.348 e. The van der Waals surface area contributed by atoms with Gasteiger partial charge in [-0.05, 0) is 24.3 Å². The number of halogens is 1. The maximum Gasteiger partial charge on any atom is 0.348 e. The second kappa shape index (κ2) is 4.22. The minimum atomic E-state index is -3.95. The summed E-state index contributed by atoms with van der Waals surface area (Å²) in [6.07, 6.45) is 0.816. The number of benzene rings is 1. The first kappa shape index (κ1) is 12.2. The predicted molar refractivity (Wildman–Crippen MR) is 60.7 cm³/mol. The van der Waals surface area contributed by atoms with Crippen molar-refractivity contribution in [3.63, 3.8) is 0 Å². The zero-order chi connectivity index (χ0) is 13.3. The number of hydrogen-bond donors (Lipinski definition) is 1. The third-order valence-electron chi connectivity index (χ3n) is 2.11. The van der Waals surface area contributed by atoms with E-state index in [1.54, 1.807) is 0 Å². The van der Waals surface area contributed by atoms with Crippen LogP contribution in [0.5, 0.6) is 5.75 Å². The topological polar surface area (TPSA) is 98.8 Å². The fraction of sp³-hybridized carbons (Fsp3) is 0. The molecule has 2 rings (SSSR count). The van der Waals surface area contributed by atoms with E-state index in [4.69, 9.17) is 10.5 Å². The van der Waals surface area contributed by atoms with E-state index in [0.29, 0.717) is 0 Å². The second-order valence-electron chi connectivity index (χ2n) is 3.33. The maximum atomic E-state index is 12.6. The van der Waals surface area contributed by atoms with E-state index in [1.165, 1.54) is 12.1 Å². The zero-order valence-corrected chi connectivity index (χ0v) is 9.65. The molecule has 1 aliphatic heterocycles. The molecule has 0 saturated heterocycles. The Labute approximate surface area is 102 Å². The molecule has 0 aromatic heterocycles. The minimum absolute atomic E-state index is 0.0689. The fourth-order valence-corrected chi connectivity index (χ4v) is 1.97. The first-order valence-electron chi connectivity index (χ1n) is 4.68. The molecule has 94 valence electrons. The molecule has 0 bridgehead atoms. The molecule has 2 N–H and O–H groups in total. The molecule has 0 spiro atoms. The highest BCUT2D eigenvalue weighted by Gasteiger charge is 2.28. The minimum Gasteiger partial charge on any atom is -0.423 e. The van der Waals surface area contributed by atoms with Crippen molar-refractivity contribution in [1.82, 2.24) is 0 Å². The van der Waals surface area contributed by atoms with Crippen molar-refractivity contribution in [2.45, 2.75) is 0 Å². The van der Waals surface area contributed by atoms with E-state index < -0.39 is 26.8 Å². The predicted octanol–water partition coefficient (Wildman–Crippen LogP) is 0.316. The van der Waals surface area contributed by atoms with Crippen molar-refractivity contribution in [3.05, 3.63) is 40.7 Å².